The van der Waals surface area contributed by atoms with Crippen LogP contribution < -0.4 is 0 Å². The number of aromatic hydroxyl groups is 1. The average molecular weight is 1160 g/mol. The molecular weight excluding hydrogens is 1100 g/mol. The Balaban J connectivity index is 0.00000569. The number of nitrogens with zero attached hydrogens (tertiary/aromatic N) is 4. The molecule has 1 N–H and O–H groups in total. The zero-order valence-electron chi connectivity index (χ0n) is 44.1. The van der Waals surface area contributed by atoms with E-state index in [1.54, 1.807) is 0 Å². The van der Waals surface area contributed by atoms with Crippen molar-refractivity contribution >= 4 is 82.1 Å². The SMILES string of the molecule is CC(C)c1cc(-c2ccccc2)cc(C(C)C)c1-n1c(-c2cc(C(C)(C)C)cc(C(C)(C)C)c2O)nc2c(-c3cccc4c3nc3c5[c-]c6oc7ccc8ccccc8c7c6cc5c5ccccc5n43)cccc21.[Pt]. The Labute approximate surface area is 451 Å². The molecule has 7 heteroatoms. The predicted octanol–water partition coefficient (Wildman–Crippen LogP) is 18.5. The first-order valence-electron chi connectivity index (χ1n) is 26.1. The number of pyridine rings is 1. The smallest absolute Gasteiger partial charge is 0.149 e. The second kappa shape index (κ2) is 17.5. The van der Waals surface area contributed by atoms with Crippen LogP contribution in [0.25, 0.3) is 121 Å². The summed E-state index contributed by atoms with van der Waals surface area (Å²) >= 11 is 0. The first-order valence-corrected chi connectivity index (χ1v) is 26.1. The molecule has 0 saturated heterocycles. The van der Waals surface area contributed by atoms with Crippen LogP contribution in [-0.4, -0.2) is 24.0 Å². The van der Waals surface area contributed by atoms with E-state index in [2.05, 4.69) is 242 Å². The summed E-state index contributed by atoms with van der Waals surface area (Å²) in [6, 6.07) is 60.3. The normalized spacial score (nSPS) is 12.6. The fourth-order valence-corrected chi connectivity index (χ4v) is 11.7. The zero-order valence-corrected chi connectivity index (χ0v) is 46.4. The molecular formula is C68H59N4O2Pt-. The van der Waals surface area contributed by atoms with Gasteiger partial charge in [-0.05, 0) is 114 Å². The molecule has 13 aromatic rings. The molecule has 374 valence electrons. The predicted molar refractivity (Wildman–Crippen MR) is 310 cm³/mol. The van der Waals surface area contributed by atoms with Gasteiger partial charge in [-0.15, -0.1) is 6.07 Å². The Morgan fingerprint density at radius 1 is 0.547 bits per heavy atom. The number of benzene rings is 9. The second-order valence-electron chi connectivity index (χ2n) is 23.1. The minimum Gasteiger partial charge on any atom is -0.507 e. The van der Waals surface area contributed by atoms with Gasteiger partial charge in [0.25, 0.3) is 0 Å². The Hall–Kier alpha value is -7.53. The maximum atomic E-state index is 12.8. The van der Waals surface area contributed by atoms with Crippen LogP contribution in [0.1, 0.15) is 103 Å². The maximum absolute atomic E-state index is 12.8. The van der Waals surface area contributed by atoms with Gasteiger partial charge < -0.3 is 13.9 Å². The van der Waals surface area contributed by atoms with Crippen LogP contribution in [0.2, 0.25) is 0 Å². The summed E-state index contributed by atoms with van der Waals surface area (Å²) in [4.78, 5) is 11.5. The molecule has 0 bridgehead atoms. The standard InChI is InChI=1S/C68H59N4O2.Pt/c1-38(2)48-32-42(40-20-12-11-13-21-40)33-49(39(3)4)63(48)72-57-29-19-26-47(62(57)70-66(72)53-34-43(67(5,6)7)35-54(64(53)73)68(8,9)10)46-25-18-28-56-61(46)69-65-51-37-59-52(36-50(51)45-24-16-17-27-55(45)71(56)65)60-44-23-15-14-22-41(44)30-31-58(60)74-59;/h11-36,38-39,73H,1-10H3;/q-1;. The van der Waals surface area contributed by atoms with Crippen molar-refractivity contribution in [2.24, 2.45) is 0 Å². The van der Waals surface area contributed by atoms with E-state index in [1.165, 1.54) is 27.6 Å². The van der Waals surface area contributed by atoms with Crippen LogP contribution in [-0.2, 0) is 31.9 Å². The van der Waals surface area contributed by atoms with Crippen molar-refractivity contribution in [3.05, 3.63) is 186 Å². The molecule has 0 fully saturated rings. The molecule has 6 nitrogen and oxygen atoms in total. The topological polar surface area (TPSA) is 68.5 Å². The molecule has 9 aromatic carbocycles. The van der Waals surface area contributed by atoms with E-state index in [0.29, 0.717) is 17.0 Å². The van der Waals surface area contributed by atoms with Crippen LogP contribution in [0.3, 0.4) is 0 Å². The molecule has 4 aromatic heterocycles. The van der Waals surface area contributed by atoms with E-state index in [9.17, 15) is 5.11 Å². The van der Waals surface area contributed by atoms with E-state index >= 15 is 0 Å². The molecule has 75 heavy (non-hydrogen) atoms. The summed E-state index contributed by atoms with van der Waals surface area (Å²) in [6.07, 6.45) is 0. The summed E-state index contributed by atoms with van der Waals surface area (Å²) in [5, 5.41) is 20.3. The van der Waals surface area contributed by atoms with Gasteiger partial charge in [-0.25, -0.2) is 4.98 Å². The van der Waals surface area contributed by atoms with Gasteiger partial charge in [-0.3, -0.25) is 9.55 Å². The number of aromatic nitrogens is 4. The van der Waals surface area contributed by atoms with Crippen LogP contribution in [0.15, 0.2) is 162 Å². The zero-order chi connectivity index (χ0) is 51.1. The van der Waals surface area contributed by atoms with E-state index < -0.39 is 0 Å². The number of rotatable bonds is 6. The van der Waals surface area contributed by atoms with Crippen molar-refractivity contribution in [1.29, 1.82) is 0 Å². The van der Waals surface area contributed by atoms with Crippen molar-refractivity contribution in [1.82, 2.24) is 18.9 Å². The van der Waals surface area contributed by atoms with Gasteiger partial charge in [-0.2, -0.15) is 0 Å². The molecule has 0 saturated carbocycles. The Morgan fingerprint density at radius 3 is 1.85 bits per heavy atom. The monoisotopic (exact) mass is 1160 g/mol. The number of phenolic OH excluding ortho intramolecular Hbond substituents is 1. The van der Waals surface area contributed by atoms with E-state index in [0.717, 1.165) is 99.1 Å². The first kappa shape index (κ1) is 48.4. The van der Waals surface area contributed by atoms with Gasteiger partial charge >= 0.3 is 0 Å². The number of hydrogen-bond acceptors (Lipinski definition) is 4. The van der Waals surface area contributed by atoms with Gasteiger partial charge in [0.15, 0.2) is 0 Å². The summed E-state index contributed by atoms with van der Waals surface area (Å²) in [7, 11) is 0. The number of furan rings is 1. The Bertz CT molecular complexity index is 4430. The van der Waals surface area contributed by atoms with E-state index in [-0.39, 0.29) is 49.5 Å². The molecule has 0 aliphatic carbocycles. The summed E-state index contributed by atoms with van der Waals surface area (Å²) < 4.78 is 11.3. The van der Waals surface area contributed by atoms with E-state index in [1.807, 2.05) is 0 Å². The van der Waals surface area contributed by atoms with Crippen molar-refractivity contribution in [3.63, 3.8) is 0 Å². The largest absolute Gasteiger partial charge is 0.507 e. The van der Waals surface area contributed by atoms with Crippen LogP contribution in [0, 0.1) is 6.07 Å². The molecule has 0 atom stereocenters. The Kier molecular flexibility index (Phi) is 11.3. The third-order valence-electron chi connectivity index (χ3n) is 15.5. The van der Waals surface area contributed by atoms with Crippen molar-refractivity contribution in [2.75, 3.05) is 0 Å². The average Bonchev–Trinajstić information content (AvgIpc) is 4.13. The molecule has 0 radical (unpaired) electrons. The quantitative estimate of drug-likeness (QED) is 0.133. The van der Waals surface area contributed by atoms with Crippen molar-refractivity contribution in [3.8, 4) is 45.1 Å². The molecule has 13 rings (SSSR count). The van der Waals surface area contributed by atoms with Crippen molar-refractivity contribution < 1.29 is 30.6 Å². The van der Waals surface area contributed by atoms with Crippen LogP contribution in [0.5, 0.6) is 5.75 Å². The van der Waals surface area contributed by atoms with Gasteiger partial charge in [0, 0.05) is 43.3 Å². The van der Waals surface area contributed by atoms with Crippen LogP contribution in [0.4, 0.5) is 0 Å². The number of hydrogen-bond donors (Lipinski definition) is 1. The number of phenols is 1. The number of imidazole rings is 2. The fourth-order valence-electron chi connectivity index (χ4n) is 11.7. The third-order valence-corrected chi connectivity index (χ3v) is 15.5. The van der Waals surface area contributed by atoms with Crippen LogP contribution >= 0.6 is 0 Å². The molecule has 0 unspecified atom stereocenters. The second-order valence-corrected chi connectivity index (χ2v) is 23.1. The number of fused-ring (bicyclic) bond motifs is 14. The van der Waals surface area contributed by atoms with E-state index in [4.69, 9.17) is 14.4 Å². The maximum Gasteiger partial charge on any atom is 0.149 e. The molecule has 0 aliphatic heterocycles. The molecule has 0 amide bonds. The van der Waals surface area contributed by atoms with Gasteiger partial charge in [-0.1, -0.05) is 201 Å². The Morgan fingerprint density at radius 2 is 1.17 bits per heavy atom. The third kappa shape index (κ3) is 7.54. The summed E-state index contributed by atoms with van der Waals surface area (Å²) in [5.74, 6) is 1.28. The molecule has 4 heterocycles. The van der Waals surface area contributed by atoms with Gasteiger partial charge in [0.05, 0.1) is 44.5 Å². The molecule has 0 spiro atoms. The molecule has 0 aliphatic rings. The number of para-hydroxylation sites is 3. The summed E-state index contributed by atoms with van der Waals surface area (Å²) in [6.45, 7) is 22.4. The fraction of sp³-hybridized carbons (Fsp3) is 0.206. The first-order chi connectivity index (χ1) is 35.5. The van der Waals surface area contributed by atoms with Gasteiger partial charge in [0.2, 0.25) is 0 Å². The minimum absolute atomic E-state index is 0. The minimum atomic E-state index is -0.347. The summed E-state index contributed by atoms with van der Waals surface area (Å²) in [5.41, 5.74) is 17.1. The van der Waals surface area contributed by atoms with Crippen molar-refractivity contribution in [2.45, 2.75) is 91.9 Å². The van der Waals surface area contributed by atoms with Gasteiger partial charge in [0.1, 0.15) is 17.2 Å².